The van der Waals surface area contributed by atoms with Crippen LogP contribution in [-0.2, 0) is 6.42 Å². The van der Waals surface area contributed by atoms with Crippen molar-refractivity contribution in [3.63, 3.8) is 0 Å². The predicted molar refractivity (Wildman–Crippen MR) is 90.4 cm³/mol. The average molecular weight is 318 g/mol. The van der Waals surface area contributed by atoms with Crippen LogP contribution in [0, 0.1) is 6.92 Å². The Morgan fingerprint density at radius 3 is 2.76 bits per heavy atom. The number of rotatable bonds is 4. The zero-order chi connectivity index (χ0) is 14.8. The Bertz CT molecular complexity index is 755. The predicted octanol–water partition coefficient (Wildman–Crippen LogP) is 4.70. The second-order valence-corrected chi connectivity index (χ2v) is 6.73. The Morgan fingerprint density at radius 2 is 2.00 bits per heavy atom. The first-order chi connectivity index (χ1) is 10.1. The summed E-state index contributed by atoms with van der Waals surface area (Å²) in [6.45, 7) is 4.21. The van der Waals surface area contributed by atoms with Crippen molar-refractivity contribution < 1.29 is 0 Å². The van der Waals surface area contributed by atoms with Crippen molar-refractivity contribution in [1.82, 2.24) is 9.97 Å². The minimum absolute atomic E-state index is 0.266. The molecule has 21 heavy (non-hydrogen) atoms. The molecule has 108 valence electrons. The largest absolute Gasteiger partial charge is 0.367 e. The van der Waals surface area contributed by atoms with Gasteiger partial charge in [0.25, 0.3) is 0 Å². The quantitative estimate of drug-likeness (QED) is 0.709. The number of aromatic nitrogens is 2. The maximum atomic E-state index is 6.02. The summed E-state index contributed by atoms with van der Waals surface area (Å²) < 4.78 is 0. The van der Waals surface area contributed by atoms with Gasteiger partial charge in [0.15, 0.2) is 0 Å². The van der Waals surface area contributed by atoms with E-state index in [2.05, 4.69) is 59.5 Å². The van der Waals surface area contributed by atoms with Crippen LogP contribution < -0.4 is 5.32 Å². The minimum Gasteiger partial charge on any atom is -0.367 e. The van der Waals surface area contributed by atoms with Crippen LogP contribution in [-0.4, -0.2) is 16.0 Å². The zero-order valence-electron chi connectivity index (χ0n) is 11.9. The van der Waals surface area contributed by atoms with Crippen LogP contribution in [0.5, 0.6) is 0 Å². The zero-order valence-corrected chi connectivity index (χ0v) is 13.5. The van der Waals surface area contributed by atoms with Crippen molar-refractivity contribution in [2.75, 3.05) is 5.32 Å². The van der Waals surface area contributed by atoms with E-state index >= 15 is 0 Å². The number of anilines is 1. The molecule has 2 aromatic heterocycles. The van der Waals surface area contributed by atoms with Gasteiger partial charge in [-0.3, -0.25) is 0 Å². The van der Waals surface area contributed by atoms with Gasteiger partial charge < -0.3 is 5.32 Å². The third-order valence-electron chi connectivity index (χ3n) is 3.26. The number of aryl methyl sites for hydroxylation is 1. The van der Waals surface area contributed by atoms with Gasteiger partial charge in [0.1, 0.15) is 10.6 Å². The molecule has 0 amide bonds. The van der Waals surface area contributed by atoms with Crippen molar-refractivity contribution in [3.05, 3.63) is 52.1 Å². The number of hydrogen-bond donors (Lipinski definition) is 1. The summed E-state index contributed by atoms with van der Waals surface area (Å²) in [5, 5.41) is 4.79. The van der Waals surface area contributed by atoms with Crippen LogP contribution in [0.1, 0.15) is 17.4 Å². The first-order valence-corrected chi connectivity index (χ1v) is 8.05. The van der Waals surface area contributed by atoms with E-state index in [9.17, 15) is 0 Å². The summed E-state index contributed by atoms with van der Waals surface area (Å²) in [6.07, 6.45) is 0.938. The lowest BCUT2D eigenvalue weighted by atomic mass is 10.1. The summed E-state index contributed by atoms with van der Waals surface area (Å²) in [5.41, 5.74) is 1.30. The van der Waals surface area contributed by atoms with Crippen molar-refractivity contribution in [2.24, 2.45) is 0 Å². The lowest BCUT2D eigenvalue weighted by Crippen LogP contribution is -2.19. The Balaban J connectivity index is 1.84. The molecule has 0 fully saturated rings. The molecule has 0 aliphatic carbocycles. The standard InChI is InChI=1S/C16H16ClN3S/c1-10(8-12-6-4-3-5-7-12)18-14-13-9-11(2)21-15(13)20-16(17)19-14/h3-7,9-10H,8H2,1-2H3,(H,18,19,20). The minimum atomic E-state index is 0.266. The second kappa shape index (κ2) is 6.00. The third kappa shape index (κ3) is 3.34. The molecule has 0 saturated carbocycles. The topological polar surface area (TPSA) is 37.8 Å². The van der Waals surface area contributed by atoms with E-state index in [0.29, 0.717) is 5.28 Å². The molecule has 1 atom stereocenters. The number of halogens is 1. The van der Waals surface area contributed by atoms with Gasteiger partial charge in [0, 0.05) is 10.9 Å². The molecule has 3 nitrogen and oxygen atoms in total. The molecular formula is C16H16ClN3S. The number of nitrogens with one attached hydrogen (secondary N) is 1. The molecule has 0 spiro atoms. The van der Waals surface area contributed by atoms with Crippen LogP contribution in [0.2, 0.25) is 5.28 Å². The average Bonchev–Trinajstić information content (AvgIpc) is 2.80. The highest BCUT2D eigenvalue weighted by Gasteiger charge is 2.12. The van der Waals surface area contributed by atoms with Gasteiger partial charge in [-0.05, 0) is 43.5 Å². The van der Waals surface area contributed by atoms with Crippen molar-refractivity contribution in [2.45, 2.75) is 26.3 Å². The molecule has 0 bridgehead atoms. The Morgan fingerprint density at radius 1 is 1.24 bits per heavy atom. The summed E-state index contributed by atoms with van der Waals surface area (Å²) in [5.74, 6) is 0.817. The fourth-order valence-corrected chi connectivity index (χ4v) is 3.48. The van der Waals surface area contributed by atoms with E-state index in [1.54, 1.807) is 11.3 Å². The number of benzene rings is 1. The number of thiophene rings is 1. The van der Waals surface area contributed by atoms with Crippen molar-refractivity contribution in [3.8, 4) is 0 Å². The molecule has 0 aliphatic heterocycles. The molecular weight excluding hydrogens is 302 g/mol. The van der Waals surface area contributed by atoms with Crippen molar-refractivity contribution in [1.29, 1.82) is 0 Å². The number of hydrogen-bond acceptors (Lipinski definition) is 4. The molecule has 1 N–H and O–H groups in total. The maximum Gasteiger partial charge on any atom is 0.225 e. The summed E-state index contributed by atoms with van der Waals surface area (Å²) in [7, 11) is 0. The molecule has 0 saturated heterocycles. The molecule has 3 rings (SSSR count). The van der Waals surface area contributed by atoms with Crippen LogP contribution in [0.15, 0.2) is 36.4 Å². The Kier molecular flexibility index (Phi) is 4.08. The van der Waals surface area contributed by atoms with Crippen LogP contribution in [0.25, 0.3) is 10.2 Å². The Hall–Kier alpha value is -1.65. The lowest BCUT2D eigenvalue weighted by Gasteiger charge is -2.15. The molecule has 3 aromatic rings. The smallest absolute Gasteiger partial charge is 0.225 e. The van der Waals surface area contributed by atoms with Crippen LogP contribution >= 0.6 is 22.9 Å². The van der Waals surface area contributed by atoms with E-state index in [0.717, 1.165) is 22.5 Å². The van der Waals surface area contributed by atoms with Gasteiger partial charge in [0.2, 0.25) is 5.28 Å². The number of fused-ring (bicyclic) bond motifs is 1. The van der Waals surface area contributed by atoms with Gasteiger partial charge in [-0.1, -0.05) is 30.3 Å². The normalized spacial score (nSPS) is 12.5. The molecule has 1 aromatic carbocycles. The van der Waals surface area contributed by atoms with E-state index in [1.807, 2.05) is 6.07 Å². The van der Waals surface area contributed by atoms with E-state index < -0.39 is 0 Å². The van der Waals surface area contributed by atoms with Gasteiger partial charge in [-0.15, -0.1) is 11.3 Å². The van der Waals surface area contributed by atoms with Gasteiger partial charge in [-0.25, -0.2) is 9.97 Å². The van der Waals surface area contributed by atoms with Gasteiger partial charge in [-0.2, -0.15) is 0 Å². The molecule has 1 unspecified atom stereocenters. The van der Waals surface area contributed by atoms with Gasteiger partial charge in [0.05, 0.1) is 5.39 Å². The van der Waals surface area contributed by atoms with E-state index in [1.165, 1.54) is 10.4 Å². The van der Waals surface area contributed by atoms with E-state index in [4.69, 9.17) is 11.6 Å². The fraction of sp³-hybridized carbons (Fsp3) is 0.250. The first-order valence-electron chi connectivity index (χ1n) is 6.86. The lowest BCUT2D eigenvalue weighted by molar-refractivity contribution is 0.786. The monoisotopic (exact) mass is 317 g/mol. The highest BCUT2D eigenvalue weighted by molar-refractivity contribution is 7.18. The Labute approximate surface area is 133 Å². The first kappa shape index (κ1) is 14.3. The molecule has 2 heterocycles. The highest BCUT2D eigenvalue weighted by Crippen LogP contribution is 2.30. The van der Waals surface area contributed by atoms with Crippen molar-refractivity contribution >= 4 is 39.0 Å². The highest BCUT2D eigenvalue weighted by atomic mass is 35.5. The fourth-order valence-electron chi connectivity index (χ4n) is 2.38. The molecule has 0 aliphatic rings. The van der Waals surface area contributed by atoms with Crippen LogP contribution in [0.3, 0.4) is 0 Å². The maximum absolute atomic E-state index is 6.02. The summed E-state index contributed by atoms with van der Waals surface area (Å²) >= 11 is 7.66. The molecule has 0 radical (unpaired) electrons. The summed E-state index contributed by atoms with van der Waals surface area (Å²) in [4.78, 5) is 10.8. The SMILES string of the molecule is Cc1cc2c(NC(C)Cc3ccccc3)nc(Cl)nc2s1. The summed E-state index contributed by atoms with van der Waals surface area (Å²) in [6, 6.07) is 12.8. The van der Waals surface area contributed by atoms with Crippen LogP contribution in [0.4, 0.5) is 5.82 Å². The third-order valence-corrected chi connectivity index (χ3v) is 4.37. The molecule has 5 heteroatoms. The van der Waals surface area contributed by atoms with E-state index in [-0.39, 0.29) is 6.04 Å². The number of nitrogens with zero attached hydrogens (tertiary/aromatic N) is 2. The van der Waals surface area contributed by atoms with Gasteiger partial charge >= 0.3 is 0 Å². The second-order valence-electron chi connectivity index (χ2n) is 5.15.